The number of allylic oxidation sites excluding steroid dienone is 4. The van der Waals surface area contributed by atoms with E-state index in [0.29, 0.717) is 5.70 Å². The van der Waals surface area contributed by atoms with E-state index in [1.807, 2.05) is 49.4 Å². The summed E-state index contributed by atoms with van der Waals surface area (Å²) < 4.78 is 5.12. The average Bonchev–Trinajstić information content (AvgIpc) is 2.60. The minimum absolute atomic E-state index is 0.246. The van der Waals surface area contributed by atoms with Crippen LogP contribution in [0.5, 0.6) is 5.75 Å². The Bertz CT molecular complexity index is 682. The van der Waals surface area contributed by atoms with Crippen LogP contribution >= 0.6 is 0 Å². The second kappa shape index (κ2) is 9.84. The van der Waals surface area contributed by atoms with Gasteiger partial charge in [0.25, 0.3) is 0 Å². The first-order valence-electron chi connectivity index (χ1n) is 7.42. The highest BCUT2D eigenvalue weighted by molar-refractivity contribution is 5.83. The van der Waals surface area contributed by atoms with Crippen molar-refractivity contribution in [2.75, 3.05) is 14.2 Å². The Morgan fingerprint density at radius 1 is 1.29 bits per heavy atom. The second-order valence-corrected chi connectivity index (χ2v) is 4.80. The van der Waals surface area contributed by atoms with Crippen LogP contribution in [0, 0.1) is 0 Å². The molecule has 2 N–H and O–H groups in total. The summed E-state index contributed by atoms with van der Waals surface area (Å²) >= 11 is 0. The molecular formula is C19H24N4O. The van der Waals surface area contributed by atoms with Gasteiger partial charge >= 0.3 is 0 Å². The van der Waals surface area contributed by atoms with E-state index in [-0.39, 0.29) is 5.96 Å². The third-order valence-electron chi connectivity index (χ3n) is 3.13. The molecule has 0 spiro atoms. The lowest BCUT2D eigenvalue weighted by Gasteiger charge is -2.12. The van der Waals surface area contributed by atoms with Crippen LogP contribution in [-0.2, 0) is 0 Å². The van der Waals surface area contributed by atoms with Crippen LogP contribution in [0.25, 0.3) is 0 Å². The van der Waals surface area contributed by atoms with Crippen molar-refractivity contribution in [3.05, 3.63) is 78.6 Å². The fraction of sp³-hybridized carbons (Fsp3) is 0.158. The van der Waals surface area contributed by atoms with Gasteiger partial charge in [-0.2, -0.15) is 5.10 Å². The van der Waals surface area contributed by atoms with E-state index < -0.39 is 0 Å². The molecule has 0 bridgehead atoms. The smallest absolute Gasteiger partial charge is 0.217 e. The Balaban J connectivity index is 2.79. The summed E-state index contributed by atoms with van der Waals surface area (Å²) in [5.74, 6) is 1.04. The minimum atomic E-state index is 0.246. The quantitative estimate of drug-likeness (QED) is 0.361. The zero-order valence-electron chi connectivity index (χ0n) is 14.4. The molecule has 0 saturated heterocycles. The predicted molar refractivity (Wildman–Crippen MR) is 102 cm³/mol. The van der Waals surface area contributed by atoms with Crippen LogP contribution in [0.1, 0.15) is 12.5 Å². The van der Waals surface area contributed by atoms with Crippen molar-refractivity contribution in [3.63, 3.8) is 0 Å². The molecule has 0 aliphatic rings. The predicted octanol–water partition coefficient (Wildman–Crippen LogP) is 3.48. The molecule has 1 aromatic carbocycles. The van der Waals surface area contributed by atoms with Gasteiger partial charge < -0.3 is 10.5 Å². The molecule has 0 unspecified atom stereocenters. The first kappa shape index (κ1) is 19.0. The molecule has 0 aliphatic carbocycles. The van der Waals surface area contributed by atoms with E-state index >= 15 is 0 Å². The van der Waals surface area contributed by atoms with Crippen LogP contribution < -0.4 is 10.5 Å². The van der Waals surface area contributed by atoms with Crippen molar-refractivity contribution in [2.24, 2.45) is 15.8 Å². The average molecular weight is 324 g/mol. The standard InChI is InChI=1S/C19H24N4O/c1-6-8-9-17(7-2)15(3)22-19(20)23(4)21-14-16-10-12-18(24-5)13-11-16/h6-14H,1,3H2,2,4-5H3,(H2,20,22)/b9-8-,17-7+,21-14+. The van der Waals surface area contributed by atoms with Crippen molar-refractivity contribution >= 4 is 12.2 Å². The summed E-state index contributed by atoms with van der Waals surface area (Å²) in [5.41, 5.74) is 8.31. The fourth-order valence-corrected chi connectivity index (χ4v) is 1.71. The lowest BCUT2D eigenvalue weighted by atomic mass is 10.2. The van der Waals surface area contributed by atoms with Gasteiger partial charge in [0.1, 0.15) is 5.75 Å². The molecule has 5 nitrogen and oxygen atoms in total. The van der Waals surface area contributed by atoms with E-state index in [0.717, 1.165) is 16.9 Å². The first-order valence-corrected chi connectivity index (χ1v) is 7.42. The summed E-state index contributed by atoms with van der Waals surface area (Å²) in [5, 5.41) is 5.75. The monoisotopic (exact) mass is 324 g/mol. The summed E-state index contributed by atoms with van der Waals surface area (Å²) in [7, 11) is 3.35. The lowest BCUT2D eigenvalue weighted by molar-refractivity contribution is 0.415. The topological polar surface area (TPSA) is 63.2 Å². The van der Waals surface area contributed by atoms with E-state index in [1.54, 1.807) is 26.4 Å². The molecule has 0 aromatic heterocycles. The van der Waals surface area contributed by atoms with Gasteiger partial charge in [0.15, 0.2) is 0 Å². The Morgan fingerprint density at radius 3 is 2.50 bits per heavy atom. The molecule has 0 atom stereocenters. The van der Waals surface area contributed by atoms with Crippen LogP contribution in [0.2, 0.25) is 0 Å². The van der Waals surface area contributed by atoms with E-state index in [1.165, 1.54) is 5.01 Å². The minimum Gasteiger partial charge on any atom is -0.497 e. The van der Waals surface area contributed by atoms with Crippen molar-refractivity contribution in [1.29, 1.82) is 0 Å². The van der Waals surface area contributed by atoms with Gasteiger partial charge in [-0.1, -0.05) is 37.5 Å². The van der Waals surface area contributed by atoms with Crippen LogP contribution in [-0.4, -0.2) is 31.3 Å². The lowest BCUT2D eigenvalue weighted by Crippen LogP contribution is -2.30. The highest BCUT2D eigenvalue weighted by Crippen LogP contribution is 2.12. The van der Waals surface area contributed by atoms with Gasteiger partial charge in [-0.15, -0.1) is 0 Å². The first-order chi connectivity index (χ1) is 11.5. The number of benzene rings is 1. The number of rotatable bonds is 7. The molecule has 126 valence electrons. The summed E-state index contributed by atoms with van der Waals surface area (Å²) in [6.07, 6.45) is 8.97. The van der Waals surface area contributed by atoms with Crippen molar-refractivity contribution in [3.8, 4) is 5.75 Å². The van der Waals surface area contributed by atoms with E-state index in [9.17, 15) is 0 Å². The Hall–Kier alpha value is -3.08. The largest absolute Gasteiger partial charge is 0.497 e. The van der Waals surface area contributed by atoms with Gasteiger partial charge in [-0.05, 0) is 42.3 Å². The van der Waals surface area contributed by atoms with Crippen molar-refractivity contribution < 1.29 is 4.74 Å². The van der Waals surface area contributed by atoms with Crippen molar-refractivity contribution in [1.82, 2.24) is 5.01 Å². The van der Waals surface area contributed by atoms with Crippen molar-refractivity contribution in [2.45, 2.75) is 6.92 Å². The zero-order valence-corrected chi connectivity index (χ0v) is 14.4. The number of hydrazone groups is 1. The van der Waals surface area contributed by atoms with Gasteiger partial charge in [-0.3, -0.25) is 0 Å². The highest BCUT2D eigenvalue weighted by Gasteiger charge is 2.02. The van der Waals surface area contributed by atoms with Crippen LogP contribution in [0.3, 0.4) is 0 Å². The van der Waals surface area contributed by atoms with Gasteiger partial charge in [-0.25, -0.2) is 10.0 Å². The maximum atomic E-state index is 5.96. The Morgan fingerprint density at radius 2 is 1.96 bits per heavy atom. The molecule has 0 fully saturated rings. The van der Waals surface area contributed by atoms with E-state index in [2.05, 4.69) is 23.3 Å². The second-order valence-electron chi connectivity index (χ2n) is 4.80. The summed E-state index contributed by atoms with van der Waals surface area (Å²) in [6, 6.07) is 7.54. The maximum absolute atomic E-state index is 5.96. The molecule has 1 rings (SSSR count). The molecule has 0 radical (unpaired) electrons. The van der Waals surface area contributed by atoms with Gasteiger partial charge in [0.05, 0.1) is 19.0 Å². The molecule has 5 heteroatoms. The maximum Gasteiger partial charge on any atom is 0.217 e. The molecule has 0 aliphatic heterocycles. The fourth-order valence-electron chi connectivity index (χ4n) is 1.71. The van der Waals surface area contributed by atoms with E-state index in [4.69, 9.17) is 10.5 Å². The number of nitrogens with two attached hydrogens (primary N) is 1. The SMILES string of the molecule is C=C/C=C\C(=C/C)C(=C)N=C(N)N(C)/N=C/c1ccc(OC)cc1. The molecule has 24 heavy (non-hydrogen) atoms. The Labute approximate surface area is 143 Å². The summed E-state index contributed by atoms with van der Waals surface area (Å²) in [4.78, 5) is 4.28. The molecule has 0 saturated carbocycles. The third kappa shape index (κ3) is 5.96. The third-order valence-corrected chi connectivity index (χ3v) is 3.13. The number of aliphatic imine (C=N–C) groups is 1. The van der Waals surface area contributed by atoms with Crippen LogP contribution in [0.15, 0.2) is 83.1 Å². The van der Waals surface area contributed by atoms with Gasteiger partial charge in [0, 0.05) is 7.05 Å². The number of hydrogen-bond donors (Lipinski definition) is 1. The number of ether oxygens (including phenoxy) is 1. The molecule has 0 heterocycles. The zero-order chi connectivity index (χ0) is 17.9. The Kier molecular flexibility index (Phi) is 7.78. The normalized spacial score (nSPS) is 12.6. The van der Waals surface area contributed by atoms with Gasteiger partial charge in [0.2, 0.25) is 5.96 Å². The summed E-state index contributed by atoms with van der Waals surface area (Å²) in [6.45, 7) is 9.47. The molecule has 1 aromatic rings. The number of nitrogens with zero attached hydrogens (tertiary/aromatic N) is 3. The number of methoxy groups -OCH3 is 1. The number of hydrogen-bond acceptors (Lipinski definition) is 3. The molecule has 0 amide bonds. The molecular weight excluding hydrogens is 300 g/mol. The number of guanidine groups is 1. The highest BCUT2D eigenvalue weighted by atomic mass is 16.5. The van der Waals surface area contributed by atoms with Crippen LogP contribution in [0.4, 0.5) is 0 Å².